The first kappa shape index (κ1) is 15.8. The van der Waals surface area contributed by atoms with Gasteiger partial charge in [-0.25, -0.2) is 0 Å². The van der Waals surface area contributed by atoms with Gasteiger partial charge in [-0.3, -0.25) is 4.79 Å². The van der Waals surface area contributed by atoms with Crippen LogP contribution in [0.5, 0.6) is 0 Å². The molecule has 24 heavy (non-hydrogen) atoms. The van der Waals surface area contributed by atoms with E-state index in [-0.39, 0.29) is 24.0 Å². The Morgan fingerprint density at radius 3 is 2.88 bits per heavy atom. The maximum Gasteiger partial charge on any atom is 0.249 e. The summed E-state index contributed by atoms with van der Waals surface area (Å²) in [6.45, 7) is 4.50. The van der Waals surface area contributed by atoms with Crippen LogP contribution in [-0.2, 0) is 9.53 Å². The van der Waals surface area contributed by atoms with Crippen molar-refractivity contribution in [2.45, 2.75) is 44.8 Å². The lowest BCUT2D eigenvalue weighted by molar-refractivity contribution is -0.134. The van der Waals surface area contributed by atoms with Crippen molar-refractivity contribution in [3.63, 3.8) is 0 Å². The first-order valence-corrected chi connectivity index (χ1v) is 9.14. The maximum atomic E-state index is 13.1. The van der Waals surface area contributed by atoms with Crippen LogP contribution in [0.15, 0.2) is 16.0 Å². The molecule has 0 spiro atoms. The largest absolute Gasteiger partial charge is 0.380 e. The first-order chi connectivity index (χ1) is 11.6. The molecular formula is C17H21N3O3S. The number of carbonyl (C=O) groups is 1. The lowest BCUT2D eigenvalue weighted by Gasteiger charge is -2.21. The molecule has 2 aromatic rings. The summed E-state index contributed by atoms with van der Waals surface area (Å²) in [5.74, 6) is 1.74. The van der Waals surface area contributed by atoms with Crippen molar-refractivity contribution in [2.24, 2.45) is 5.92 Å². The third-order valence-corrected chi connectivity index (χ3v) is 6.20. The van der Waals surface area contributed by atoms with Crippen molar-refractivity contribution < 1.29 is 14.1 Å². The molecule has 128 valence electrons. The summed E-state index contributed by atoms with van der Waals surface area (Å²) in [5, 5.41) is 5.97. The summed E-state index contributed by atoms with van der Waals surface area (Å²) in [4.78, 5) is 20.6. The molecule has 0 unspecified atom stereocenters. The standard InChI is InChI=1S/C17H21N3O3S/c1-9-4-5-24-15(9)12-7-13(12)17(21)20-8-11(22-3)6-14(20)16-18-10(2)19-23-16/h4-5,11-14H,6-8H2,1-3H3/t11-,12+,13-,14+/m0/s1. The number of aryl methyl sites for hydroxylation is 2. The van der Waals surface area contributed by atoms with Gasteiger partial charge in [0.15, 0.2) is 5.82 Å². The predicted molar refractivity (Wildman–Crippen MR) is 88.8 cm³/mol. The quantitative estimate of drug-likeness (QED) is 0.851. The fraction of sp³-hybridized carbons (Fsp3) is 0.588. The van der Waals surface area contributed by atoms with Crippen molar-refractivity contribution in [3.8, 4) is 0 Å². The van der Waals surface area contributed by atoms with E-state index in [0.29, 0.717) is 30.6 Å². The minimum atomic E-state index is -0.172. The van der Waals surface area contributed by atoms with E-state index >= 15 is 0 Å². The number of nitrogens with zero attached hydrogens (tertiary/aromatic N) is 3. The molecule has 2 aliphatic rings. The predicted octanol–water partition coefficient (Wildman–Crippen LogP) is 2.84. The smallest absolute Gasteiger partial charge is 0.249 e. The molecule has 3 heterocycles. The summed E-state index contributed by atoms with van der Waals surface area (Å²) < 4.78 is 10.8. The van der Waals surface area contributed by atoms with E-state index in [2.05, 4.69) is 28.5 Å². The Hall–Kier alpha value is -1.73. The van der Waals surface area contributed by atoms with Gasteiger partial charge in [-0.1, -0.05) is 5.16 Å². The van der Waals surface area contributed by atoms with Crippen LogP contribution in [0.4, 0.5) is 0 Å². The number of aromatic nitrogens is 2. The van der Waals surface area contributed by atoms with Crippen LogP contribution in [0.1, 0.15) is 47.0 Å². The SMILES string of the molecule is CO[C@H]1C[C@H](c2nc(C)no2)N(C(=O)[C@H]2C[C@H]2c2sccc2C)C1. The third-order valence-electron chi connectivity index (χ3n) is 5.05. The number of likely N-dealkylation sites (tertiary alicyclic amines) is 1. The summed E-state index contributed by atoms with van der Waals surface area (Å²) in [7, 11) is 1.68. The van der Waals surface area contributed by atoms with Gasteiger partial charge in [0.25, 0.3) is 0 Å². The van der Waals surface area contributed by atoms with Crippen LogP contribution in [-0.4, -0.2) is 40.7 Å². The van der Waals surface area contributed by atoms with Crippen LogP contribution >= 0.6 is 11.3 Å². The molecule has 4 atom stereocenters. The van der Waals surface area contributed by atoms with E-state index < -0.39 is 0 Å². The Labute approximate surface area is 144 Å². The van der Waals surface area contributed by atoms with Crippen molar-refractivity contribution in [3.05, 3.63) is 33.6 Å². The second kappa shape index (κ2) is 5.97. The lowest BCUT2D eigenvalue weighted by Crippen LogP contribution is -2.33. The minimum Gasteiger partial charge on any atom is -0.380 e. The molecular weight excluding hydrogens is 326 g/mol. The first-order valence-electron chi connectivity index (χ1n) is 8.26. The van der Waals surface area contributed by atoms with E-state index in [1.807, 2.05) is 4.90 Å². The third kappa shape index (κ3) is 2.65. The zero-order valence-electron chi connectivity index (χ0n) is 14.1. The molecule has 1 amide bonds. The van der Waals surface area contributed by atoms with Gasteiger partial charge in [0.1, 0.15) is 6.04 Å². The van der Waals surface area contributed by atoms with E-state index in [1.54, 1.807) is 25.4 Å². The van der Waals surface area contributed by atoms with E-state index in [0.717, 1.165) is 6.42 Å². The Morgan fingerprint density at radius 1 is 1.42 bits per heavy atom. The molecule has 2 fully saturated rings. The van der Waals surface area contributed by atoms with Gasteiger partial charge >= 0.3 is 0 Å². The average Bonchev–Trinajstić information content (AvgIpc) is 2.92. The van der Waals surface area contributed by atoms with E-state index in [1.165, 1.54) is 10.4 Å². The number of hydrogen-bond donors (Lipinski definition) is 0. The molecule has 0 N–H and O–H groups in total. The molecule has 4 rings (SSSR count). The summed E-state index contributed by atoms with van der Waals surface area (Å²) in [6.07, 6.45) is 1.66. The topological polar surface area (TPSA) is 68.5 Å². The Morgan fingerprint density at radius 2 is 2.25 bits per heavy atom. The molecule has 0 aromatic carbocycles. The molecule has 2 aromatic heterocycles. The van der Waals surface area contributed by atoms with Gasteiger partial charge in [0, 0.05) is 36.8 Å². The number of hydrogen-bond acceptors (Lipinski definition) is 6. The summed E-state index contributed by atoms with van der Waals surface area (Å²) in [5.41, 5.74) is 1.29. The average molecular weight is 347 g/mol. The second-order valence-corrected chi connectivity index (χ2v) is 7.64. The zero-order chi connectivity index (χ0) is 16.8. The minimum absolute atomic E-state index is 0.0202. The number of methoxy groups -OCH3 is 1. The fourth-order valence-corrected chi connectivity index (χ4v) is 4.74. The van der Waals surface area contributed by atoms with E-state index in [4.69, 9.17) is 9.26 Å². The molecule has 0 bridgehead atoms. The molecule has 0 radical (unpaired) electrons. The van der Waals surface area contributed by atoms with Crippen molar-refractivity contribution in [1.82, 2.24) is 15.0 Å². The van der Waals surface area contributed by atoms with Crippen molar-refractivity contribution in [1.29, 1.82) is 0 Å². The van der Waals surface area contributed by atoms with Crippen LogP contribution in [0.2, 0.25) is 0 Å². The molecule has 1 saturated heterocycles. The van der Waals surface area contributed by atoms with Gasteiger partial charge in [-0.2, -0.15) is 4.98 Å². The molecule has 7 heteroatoms. The Bertz CT molecular complexity index is 756. The van der Waals surface area contributed by atoms with Gasteiger partial charge in [-0.15, -0.1) is 11.3 Å². The van der Waals surface area contributed by atoms with Crippen LogP contribution in [0, 0.1) is 19.8 Å². The Kier molecular flexibility index (Phi) is 3.92. The van der Waals surface area contributed by atoms with Gasteiger partial charge < -0.3 is 14.2 Å². The van der Waals surface area contributed by atoms with Gasteiger partial charge in [0.05, 0.1) is 6.10 Å². The molecule has 6 nitrogen and oxygen atoms in total. The monoisotopic (exact) mass is 347 g/mol. The van der Waals surface area contributed by atoms with Gasteiger partial charge in [-0.05, 0) is 37.3 Å². The Balaban J connectivity index is 1.53. The van der Waals surface area contributed by atoms with Crippen LogP contribution < -0.4 is 0 Å². The summed E-state index contributed by atoms with van der Waals surface area (Å²) >= 11 is 1.75. The second-order valence-electron chi connectivity index (χ2n) is 6.70. The highest BCUT2D eigenvalue weighted by Crippen LogP contribution is 2.52. The molecule has 1 aliphatic heterocycles. The highest BCUT2D eigenvalue weighted by molar-refractivity contribution is 7.10. The number of ether oxygens (including phenoxy) is 1. The maximum absolute atomic E-state index is 13.1. The van der Waals surface area contributed by atoms with Crippen LogP contribution in [0.3, 0.4) is 0 Å². The highest BCUT2D eigenvalue weighted by atomic mass is 32.1. The lowest BCUT2D eigenvalue weighted by atomic mass is 10.1. The van der Waals surface area contributed by atoms with Gasteiger partial charge in [0.2, 0.25) is 11.8 Å². The fourth-order valence-electron chi connectivity index (χ4n) is 3.63. The number of thiophene rings is 1. The zero-order valence-corrected chi connectivity index (χ0v) is 14.9. The van der Waals surface area contributed by atoms with Crippen molar-refractivity contribution in [2.75, 3.05) is 13.7 Å². The van der Waals surface area contributed by atoms with Crippen LogP contribution in [0.25, 0.3) is 0 Å². The number of rotatable bonds is 4. The summed E-state index contributed by atoms with van der Waals surface area (Å²) in [6, 6.07) is 1.95. The normalized spacial score (nSPS) is 29.2. The van der Waals surface area contributed by atoms with E-state index in [9.17, 15) is 4.79 Å². The number of carbonyl (C=O) groups excluding carboxylic acids is 1. The van der Waals surface area contributed by atoms with Crippen molar-refractivity contribution >= 4 is 17.2 Å². The molecule has 1 aliphatic carbocycles. The number of amides is 1. The molecule has 1 saturated carbocycles. The highest BCUT2D eigenvalue weighted by Gasteiger charge is 2.50.